The lowest BCUT2D eigenvalue weighted by Gasteiger charge is -2.29. The van der Waals surface area contributed by atoms with Gasteiger partial charge in [0.15, 0.2) is 0 Å². The lowest BCUT2D eigenvalue weighted by molar-refractivity contribution is 0.272. The highest BCUT2D eigenvalue weighted by Gasteiger charge is 2.20. The molecule has 0 bridgehead atoms. The van der Waals surface area contributed by atoms with Crippen molar-refractivity contribution in [2.24, 2.45) is 5.73 Å². The van der Waals surface area contributed by atoms with Crippen molar-refractivity contribution in [2.45, 2.75) is 19.9 Å². The number of thiocarbonyl (C=S) groups is 1. The molecule has 88 valence electrons. The number of halogens is 1. The number of benzene rings is 1. The minimum atomic E-state index is -0.245. The van der Waals surface area contributed by atoms with Gasteiger partial charge in [-0.2, -0.15) is 0 Å². The number of hydrogen-bond donors (Lipinski definition) is 1. The number of nitrogens with zero attached hydrogens (tertiary/aromatic N) is 1. The molecule has 16 heavy (non-hydrogen) atoms. The van der Waals surface area contributed by atoms with Crippen LogP contribution in [-0.4, -0.2) is 23.0 Å². The SMILES string of the molecule is CCN(CC)C(C(N)=S)c1ccc(F)cc1. The average molecular weight is 240 g/mol. The molecule has 0 saturated carbocycles. The zero-order valence-corrected chi connectivity index (χ0v) is 10.4. The molecule has 4 heteroatoms. The van der Waals surface area contributed by atoms with Crippen LogP contribution in [0.15, 0.2) is 24.3 Å². The summed E-state index contributed by atoms with van der Waals surface area (Å²) in [5.74, 6) is -0.245. The summed E-state index contributed by atoms with van der Waals surface area (Å²) in [4.78, 5) is 2.57. The van der Waals surface area contributed by atoms with Crippen molar-refractivity contribution in [2.75, 3.05) is 13.1 Å². The Morgan fingerprint density at radius 1 is 1.31 bits per heavy atom. The van der Waals surface area contributed by atoms with Gasteiger partial charge in [-0.25, -0.2) is 4.39 Å². The smallest absolute Gasteiger partial charge is 0.123 e. The molecule has 0 fully saturated rings. The quantitative estimate of drug-likeness (QED) is 0.802. The summed E-state index contributed by atoms with van der Waals surface area (Å²) in [6, 6.07) is 6.23. The Morgan fingerprint density at radius 2 is 1.81 bits per heavy atom. The van der Waals surface area contributed by atoms with Crippen LogP contribution >= 0.6 is 12.2 Å². The number of likely N-dealkylation sites (N-methyl/N-ethyl adjacent to an activating group) is 1. The average Bonchev–Trinajstić information content (AvgIpc) is 2.27. The predicted molar refractivity (Wildman–Crippen MR) is 68.8 cm³/mol. The van der Waals surface area contributed by atoms with Crippen LogP contribution in [-0.2, 0) is 0 Å². The zero-order valence-electron chi connectivity index (χ0n) is 9.61. The van der Waals surface area contributed by atoms with Crippen LogP contribution in [0.5, 0.6) is 0 Å². The molecule has 0 aliphatic carbocycles. The van der Waals surface area contributed by atoms with Gasteiger partial charge in [0, 0.05) is 0 Å². The summed E-state index contributed by atoms with van der Waals surface area (Å²) in [5, 5.41) is 0. The second-order valence-electron chi connectivity index (χ2n) is 3.58. The molecule has 0 aromatic heterocycles. The van der Waals surface area contributed by atoms with E-state index >= 15 is 0 Å². The summed E-state index contributed by atoms with van der Waals surface area (Å²) in [6.07, 6.45) is 0. The van der Waals surface area contributed by atoms with Gasteiger partial charge in [-0.1, -0.05) is 38.2 Å². The van der Waals surface area contributed by atoms with E-state index in [0.717, 1.165) is 18.7 Å². The van der Waals surface area contributed by atoms with Crippen molar-refractivity contribution in [1.29, 1.82) is 0 Å². The fraction of sp³-hybridized carbons (Fsp3) is 0.417. The Kier molecular flexibility index (Phi) is 4.83. The van der Waals surface area contributed by atoms with E-state index in [1.54, 1.807) is 12.1 Å². The molecule has 0 amide bonds. The van der Waals surface area contributed by atoms with Crippen molar-refractivity contribution in [1.82, 2.24) is 4.90 Å². The molecular formula is C12H17FN2S. The van der Waals surface area contributed by atoms with E-state index in [9.17, 15) is 4.39 Å². The Morgan fingerprint density at radius 3 is 2.19 bits per heavy atom. The lowest BCUT2D eigenvalue weighted by atomic mass is 10.1. The van der Waals surface area contributed by atoms with Crippen LogP contribution < -0.4 is 5.73 Å². The summed E-state index contributed by atoms with van der Waals surface area (Å²) < 4.78 is 12.8. The molecule has 2 N–H and O–H groups in total. The first-order chi connectivity index (χ1) is 7.60. The van der Waals surface area contributed by atoms with E-state index in [-0.39, 0.29) is 11.9 Å². The van der Waals surface area contributed by atoms with Gasteiger partial charge in [0.1, 0.15) is 5.82 Å². The van der Waals surface area contributed by atoms with E-state index in [1.807, 2.05) is 0 Å². The summed E-state index contributed by atoms with van der Waals surface area (Å²) in [5.41, 5.74) is 6.70. The molecular weight excluding hydrogens is 223 g/mol. The zero-order chi connectivity index (χ0) is 12.1. The van der Waals surface area contributed by atoms with Gasteiger partial charge in [-0.05, 0) is 30.8 Å². The molecule has 0 saturated heterocycles. The highest BCUT2D eigenvalue weighted by molar-refractivity contribution is 7.80. The second kappa shape index (κ2) is 5.92. The van der Waals surface area contributed by atoms with E-state index in [4.69, 9.17) is 18.0 Å². The van der Waals surface area contributed by atoms with Crippen molar-refractivity contribution in [3.63, 3.8) is 0 Å². The standard InChI is InChI=1S/C12H17FN2S/c1-3-15(4-2)11(12(14)16)9-5-7-10(13)8-6-9/h5-8,11H,3-4H2,1-2H3,(H2,14,16). The van der Waals surface area contributed by atoms with Gasteiger partial charge in [0.05, 0.1) is 11.0 Å². The topological polar surface area (TPSA) is 29.3 Å². The Bertz CT molecular complexity index is 347. The van der Waals surface area contributed by atoms with Gasteiger partial charge < -0.3 is 5.73 Å². The van der Waals surface area contributed by atoms with Crippen molar-refractivity contribution in [3.05, 3.63) is 35.6 Å². The van der Waals surface area contributed by atoms with Crippen LogP contribution in [0.4, 0.5) is 4.39 Å². The molecule has 1 rings (SSSR count). The third-order valence-corrected chi connectivity index (χ3v) is 2.86. The highest BCUT2D eigenvalue weighted by Crippen LogP contribution is 2.21. The Balaban J connectivity index is 3.02. The van der Waals surface area contributed by atoms with Gasteiger partial charge in [0.25, 0.3) is 0 Å². The van der Waals surface area contributed by atoms with E-state index in [0.29, 0.717) is 4.99 Å². The fourth-order valence-corrected chi connectivity index (χ4v) is 2.07. The molecule has 0 aliphatic heterocycles. The highest BCUT2D eigenvalue weighted by atomic mass is 32.1. The van der Waals surface area contributed by atoms with Crippen LogP contribution in [0.3, 0.4) is 0 Å². The van der Waals surface area contributed by atoms with Gasteiger partial charge in [-0.15, -0.1) is 0 Å². The molecule has 0 heterocycles. The number of nitrogens with two attached hydrogens (primary N) is 1. The molecule has 1 unspecified atom stereocenters. The van der Waals surface area contributed by atoms with Crippen molar-refractivity contribution >= 4 is 17.2 Å². The maximum atomic E-state index is 12.8. The summed E-state index contributed by atoms with van der Waals surface area (Å²) in [7, 11) is 0. The first-order valence-corrected chi connectivity index (χ1v) is 5.79. The van der Waals surface area contributed by atoms with Crippen LogP contribution in [0.1, 0.15) is 25.5 Å². The monoisotopic (exact) mass is 240 g/mol. The third kappa shape index (κ3) is 3.00. The first kappa shape index (κ1) is 13.1. The fourth-order valence-electron chi connectivity index (χ4n) is 1.79. The van der Waals surface area contributed by atoms with Gasteiger partial charge in [-0.3, -0.25) is 4.90 Å². The maximum Gasteiger partial charge on any atom is 0.123 e. The van der Waals surface area contributed by atoms with Crippen molar-refractivity contribution < 1.29 is 4.39 Å². The molecule has 1 atom stereocenters. The summed E-state index contributed by atoms with van der Waals surface area (Å²) >= 11 is 5.08. The second-order valence-corrected chi connectivity index (χ2v) is 4.05. The van der Waals surface area contributed by atoms with Gasteiger partial charge >= 0.3 is 0 Å². The van der Waals surface area contributed by atoms with E-state index in [1.165, 1.54) is 12.1 Å². The van der Waals surface area contributed by atoms with E-state index < -0.39 is 0 Å². The number of rotatable bonds is 5. The molecule has 1 aromatic rings. The molecule has 0 spiro atoms. The molecule has 1 aromatic carbocycles. The molecule has 2 nitrogen and oxygen atoms in total. The lowest BCUT2D eigenvalue weighted by Crippen LogP contribution is -2.36. The third-order valence-electron chi connectivity index (χ3n) is 2.63. The van der Waals surface area contributed by atoms with Gasteiger partial charge in [0.2, 0.25) is 0 Å². The Labute approximate surface area is 101 Å². The van der Waals surface area contributed by atoms with E-state index in [2.05, 4.69) is 18.7 Å². The minimum absolute atomic E-state index is 0.106. The normalized spacial score (nSPS) is 12.8. The summed E-state index contributed by atoms with van der Waals surface area (Å²) in [6.45, 7) is 5.82. The van der Waals surface area contributed by atoms with Crippen molar-refractivity contribution in [3.8, 4) is 0 Å². The van der Waals surface area contributed by atoms with Crippen LogP contribution in [0, 0.1) is 5.82 Å². The maximum absolute atomic E-state index is 12.8. The minimum Gasteiger partial charge on any atom is -0.392 e. The molecule has 0 radical (unpaired) electrons. The van der Waals surface area contributed by atoms with Crippen LogP contribution in [0.25, 0.3) is 0 Å². The Hall–Kier alpha value is -1.00. The largest absolute Gasteiger partial charge is 0.392 e. The number of hydrogen-bond acceptors (Lipinski definition) is 2. The van der Waals surface area contributed by atoms with Crippen LogP contribution in [0.2, 0.25) is 0 Å². The predicted octanol–water partition coefficient (Wildman–Crippen LogP) is 2.49. The molecule has 0 aliphatic rings. The first-order valence-electron chi connectivity index (χ1n) is 5.39.